The highest BCUT2D eigenvalue weighted by molar-refractivity contribution is 5.64. The molecule has 3 atom stereocenters. The molecule has 31 heavy (non-hydrogen) atoms. The number of benzene rings is 2. The molecule has 0 amide bonds. The lowest BCUT2D eigenvalue weighted by atomic mass is 10.1. The fourth-order valence-corrected chi connectivity index (χ4v) is 3.31. The predicted octanol–water partition coefficient (Wildman–Crippen LogP) is 0.0614. The Hall–Kier alpha value is -2.61. The van der Waals surface area contributed by atoms with Crippen molar-refractivity contribution in [2.75, 3.05) is 32.8 Å². The van der Waals surface area contributed by atoms with E-state index in [1.165, 1.54) is 0 Å². The van der Waals surface area contributed by atoms with Gasteiger partial charge in [-0.2, -0.15) is 0 Å². The summed E-state index contributed by atoms with van der Waals surface area (Å²) in [4.78, 5) is 11.6. The van der Waals surface area contributed by atoms with Gasteiger partial charge in [-0.05, 0) is 49.9 Å². The summed E-state index contributed by atoms with van der Waals surface area (Å²) >= 11 is 0. The molecule has 1 unspecified atom stereocenters. The summed E-state index contributed by atoms with van der Waals surface area (Å²) in [5.74, 6) is 0.356. The molecule has 170 valence electrons. The Morgan fingerprint density at radius 2 is 1.29 bits per heavy atom. The van der Waals surface area contributed by atoms with Crippen LogP contribution in [0.1, 0.15) is 25.7 Å². The highest BCUT2D eigenvalue weighted by Gasteiger charge is 2.20. The summed E-state index contributed by atoms with van der Waals surface area (Å²) in [6.07, 6.45) is 0.776. The highest BCUT2D eigenvalue weighted by atomic mass is 16.5. The minimum Gasteiger partial charge on any atom is -0.550 e. The maximum atomic E-state index is 10.6. The number of aliphatic carboxylic acids is 1. The Bertz CT molecular complexity index is 676. The number of hydrogen-bond acceptors (Lipinski definition) is 6. The third-order valence-corrected chi connectivity index (χ3v) is 4.83. The van der Waals surface area contributed by atoms with Gasteiger partial charge in [0.2, 0.25) is 0 Å². The molecule has 0 radical (unpaired) electrons. The maximum Gasteiger partial charge on any atom is 0.137 e. The largest absolute Gasteiger partial charge is 0.550 e. The SMILES string of the molecule is O=C([O-])CCCCC[NH+](C[C@H](O)COc1ccccc1)C[C@@H](O)COc1ccccc1. The van der Waals surface area contributed by atoms with Gasteiger partial charge in [-0.15, -0.1) is 0 Å². The van der Waals surface area contributed by atoms with E-state index < -0.39 is 18.2 Å². The molecule has 0 heterocycles. The summed E-state index contributed by atoms with van der Waals surface area (Å²) in [6.45, 7) is 1.85. The lowest BCUT2D eigenvalue weighted by Crippen LogP contribution is -3.14. The van der Waals surface area contributed by atoms with Crippen molar-refractivity contribution in [2.45, 2.75) is 37.9 Å². The summed E-state index contributed by atoms with van der Waals surface area (Å²) < 4.78 is 11.3. The van der Waals surface area contributed by atoms with Crippen LogP contribution in [0, 0.1) is 0 Å². The van der Waals surface area contributed by atoms with E-state index in [9.17, 15) is 20.1 Å². The zero-order valence-electron chi connectivity index (χ0n) is 17.8. The Labute approximate surface area is 183 Å². The van der Waals surface area contributed by atoms with Crippen LogP contribution >= 0.6 is 0 Å². The molecule has 2 rings (SSSR count). The number of aliphatic hydroxyl groups excluding tert-OH is 2. The van der Waals surface area contributed by atoms with Gasteiger partial charge in [-0.1, -0.05) is 36.4 Å². The zero-order chi connectivity index (χ0) is 22.3. The molecule has 2 aromatic rings. The van der Waals surface area contributed by atoms with Crippen molar-refractivity contribution >= 4 is 5.97 Å². The lowest BCUT2D eigenvalue weighted by molar-refractivity contribution is -0.906. The molecule has 0 saturated carbocycles. The molecule has 0 aliphatic rings. The topological polar surface area (TPSA) is 103 Å². The van der Waals surface area contributed by atoms with Crippen LogP contribution in [0.15, 0.2) is 60.7 Å². The number of rotatable bonds is 16. The zero-order valence-corrected chi connectivity index (χ0v) is 17.8. The quantitative estimate of drug-likeness (QED) is 0.325. The van der Waals surface area contributed by atoms with Gasteiger partial charge in [0.1, 0.15) is 50.0 Å². The predicted molar refractivity (Wildman–Crippen MR) is 115 cm³/mol. The van der Waals surface area contributed by atoms with E-state index in [2.05, 4.69) is 0 Å². The standard InChI is InChI=1S/C24H33NO6/c26-20(18-30-22-10-4-1-5-11-22)16-25(15-9-3-8-14-24(28)29)17-21(27)19-31-23-12-6-2-7-13-23/h1-2,4-7,10-13,20-21,26-27H,3,8-9,14-19H2,(H,28,29)/t20-,21+. The van der Waals surface area contributed by atoms with Crippen LogP contribution in [0.3, 0.4) is 0 Å². The second-order valence-corrected chi connectivity index (χ2v) is 7.65. The Balaban J connectivity index is 1.79. The number of carboxylic acids is 1. The summed E-state index contributed by atoms with van der Waals surface area (Å²) in [5.41, 5.74) is 0. The van der Waals surface area contributed by atoms with E-state index in [0.717, 1.165) is 17.7 Å². The Kier molecular flexibility index (Phi) is 11.5. The fourth-order valence-electron chi connectivity index (χ4n) is 3.31. The number of quaternary nitrogens is 1. The first-order valence-corrected chi connectivity index (χ1v) is 10.8. The van der Waals surface area contributed by atoms with E-state index in [4.69, 9.17) is 9.47 Å². The van der Waals surface area contributed by atoms with Gasteiger partial charge in [0, 0.05) is 5.97 Å². The molecule has 0 aromatic heterocycles. The molecule has 0 fully saturated rings. The van der Waals surface area contributed by atoms with Crippen LogP contribution in [0.2, 0.25) is 0 Å². The van der Waals surface area contributed by atoms with Crippen LogP contribution in [-0.2, 0) is 4.79 Å². The van der Waals surface area contributed by atoms with E-state index >= 15 is 0 Å². The van der Waals surface area contributed by atoms with Crippen molar-refractivity contribution < 1.29 is 34.5 Å². The number of carbonyl (C=O) groups excluding carboxylic acids is 1. The van der Waals surface area contributed by atoms with Gasteiger partial charge in [-0.3, -0.25) is 0 Å². The van der Waals surface area contributed by atoms with Gasteiger partial charge in [0.25, 0.3) is 0 Å². The normalized spacial score (nSPS) is 13.9. The van der Waals surface area contributed by atoms with Crippen molar-refractivity contribution in [3.8, 4) is 11.5 Å². The van der Waals surface area contributed by atoms with Crippen LogP contribution in [0.25, 0.3) is 0 Å². The first-order valence-electron chi connectivity index (χ1n) is 10.8. The van der Waals surface area contributed by atoms with Crippen LogP contribution in [0.4, 0.5) is 0 Å². The molecule has 0 aliphatic heterocycles. The first kappa shape index (κ1) is 24.7. The number of para-hydroxylation sites is 2. The number of carbonyl (C=O) groups is 1. The van der Waals surface area contributed by atoms with Crippen molar-refractivity contribution in [2.24, 2.45) is 0 Å². The molecule has 2 aromatic carbocycles. The molecule has 0 saturated heterocycles. The highest BCUT2D eigenvalue weighted by Crippen LogP contribution is 2.09. The number of unbranched alkanes of at least 4 members (excludes halogenated alkanes) is 2. The van der Waals surface area contributed by atoms with Crippen LogP contribution in [0.5, 0.6) is 11.5 Å². The summed E-state index contributed by atoms with van der Waals surface area (Å²) in [7, 11) is 0. The molecule has 7 heteroatoms. The van der Waals surface area contributed by atoms with Crippen LogP contribution in [-0.4, -0.2) is 61.2 Å². The Morgan fingerprint density at radius 1 is 0.806 bits per heavy atom. The van der Waals surface area contributed by atoms with Gasteiger partial charge < -0.3 is 34.5 Å². The average molecular weight is 432 g/mol. The van der Waals surface area contributed by atoms with Crippen LogP contribution < -0.4 is 19.5 Å². The third kappa shape index (κ3) is 11.4. The minimum absolute atomic E-state index is 0.0520. The van der Waals surface area contributed by atoms with Gasteiger partial charge in [0.05, 0.1) is 6.54 Å². The monoisotopic (exact) mass is 431 g/mol. The second-order valence-electron chi connectivity index (χ2n) is 7.65. The number of carboxylic acid groups (broad SMARTS) is 1. The summed E-state index contributed by atoms with van der Waals surface area (Å²) in [6, 6.07) is 18.6. The van der Waals surface area contributed by atoms with E-state index in [1.807, 2.05) is 60.7 Å². The fraction of sp³-hybridized carbons (Fsp3) is 0.458. The second kappa shape index (κ2) is 14.4. The molecule has 0 bridgehead atoms. The van der Waals surface area contributed by atoms with Gasteiger partial charge in [0.15, 0.2) is 0 Å². The van der Waals surface area contributed by atoms with Crippen molar-refractivity contribution in [1.82, 2.24) is 0 Å². The number of aliphatic hydroxyl groups is 2. The molecule has 0 spiro atoms. The first-order chi connectivity index (χ1) is 15.0. The van der Waals surface area contributed by atoms with E-state index in [-0.39, 0.29) is 19.6 Å². The molecule has 7 nitrogen and oxygen atoms in total. The van der Waals surface area contributed by atoms with E-state index in [0.29, 0.717) is 37.6 Å². The molecular weight excluding hydrogens is 398 g/mol. The average Bonchev–Trinajstić information content (AvgIpc) is 2.77. The van der Waals surface area contributed by atoms with Crippen molar-refractivity contribution in [1.29, 1.82) is 0 Å². The van der Waals surface area contributed by atoms with Gasteiger partial charge in [-0.25, -0.2) is 0 Å². The molecule has 0 aliphatic carbocycles. The number of ether oxygens (including phenoxy) is 2. The maximum absolute atomic E-state index is 10.6. The van der Waals surface area contributed by atoms with Gasteiger partial charge >= 0.3 is 0 Å². The molecule has 3 N–H and O–H groups in total. The van der Waals surface area contributed by atoms with Crippen molar-refractivity contribution in [3.63, 3.8) is 0 Å². The van der Waals surface area contributed by atoms with Crippen molar-refractivity contribution in [3.05, 3.63) is 60.7 Å². The third-order valence-electron chi connectivity index (χ3n) is 4.83. The minimum atomic E-state index is -1.04. The number of hydrogen-bond donors (Lipinski definition) is 3. The smallest absolute Gasteiger partial charge is 0.137 e. The lowest BCUT2D eigenvalue weighted by Gasteiger charge is -2.25. The molecular formula is C24H33NO6. The van der Waals surface area contributed by atoms with E-state index in [1.54, 1.807) is 0 Å². The Morgan fingerprint density at radius 3 is 1.74 bits per heavy atom. The number of nitrogens with one attached hydrogen (secondary N) is 1. The summed E-state index contributed by atoms with van der Waals surface area (Å²) in [5, 5.41) is 31.4.